The molecule has 13 heavy (non-hydrogen) atoms. The summed E-state index contributed by atoms with van der Waals surface area (Å²) in [5, 5.41) is 0. The third kappa shape index (κ3) is 1.98. The van der Waals surface area contributed by atoms with E-state index in [1.165, 1.54) is 7.11 Å². The van der Waals surface area contributed by atoms with Crippen LogP contribution >= 0.6 is 0 Å². The lowest BCUT2D eigenvalue weighted by molar-refractivity contribution is 0.382. The van der Waals surface area contributed by atoms with E-state index in [0.29, 0.717) is 5.56 Å². The van der Waals surface area contributed by atoms with Crippen molar-refractivity contribution in [3.63, 3.8) is 0 Å². The first-order chi connectivity index (χ1) is 6.06. The Hall–Kier alpha value is -1.09. The minimum Gasteiger partial charge on any atom is -0.494 e. The third-order valence-electron chi connectivity index (χ3n) is 1.92. The Bertz CT molecular complexity index is 310. The van der Waals surface area contributed by atoms with E-state index in [1.807, 2.05) is 6.92 Å². The number of benzene rings is 1. The summed E-state index contributed by atoms with van der Waals surface area (Å²) < 4.78 is 18.4. The van der Waals surface area contributed by atoms with Crippen molar-refractivity contribution < 1.29 is 9.13 Å². The molecule has 0 aliphatic carbocycles. The fraction of sp³-hybridized carbons (Fsp3) is 0.400. The molecule has 0 aromatic heterocycles. The summed E-state index contributed by atoms with van der Waals surface area (Å²) >= 11 is 0. The zero-order valence-electron chi connectivity index (χ0n) is 8.10. The Balaban J connectivity index is 3.27. The molecule has 1 unspecified atom stereocenters. The summed E-state index contributed by atoms with van der Waals surface area (Å²) in [5.41, 5.74) is 7.06. The highest BCUT2D eigenvalue weighted by Gasteiger charge is 2.12. The highest BCUT2D eigenvalue weighted by Crippen LogP contribution is 2.25. The lowest BCUT2D eigenvalue weighted by Gasteiger charge is -2.11. The first kappa shape index (κ1) is 9.99. The first-order valence-corrected chi connectivity index (χ1v) is 4.16. The molecule has 0 saturated carbocycles. The van der Waals surface area contributed by atoms with E-state index in [-0.39, 0.29) is 17.6 Å². The van der Waals surface area contributed by atoms with Crippen LogP contribution in [0.1, 0.15) is 24.1 Å². The van der Waals surface area contributed by atoms with Crippen molar-refractivity contribution in [1.29, 1.82) is 0 Å². The maximum Gasteiger partial charge on any atom is 0.169 e. The molecule has 0 amide bonds. The van der Waals surface area contributed by atoms with Gasteiger partial charge in [-0.1, -0.05) is 6.07 Å². The molecular weight excluding hydrogens is 169 g/mol. The molecule has 2 N–H and O–H groups in total. The minimum absolute atomic E-state index is 0.257. The lowest BCUT2D eigenvalue weighted by atomic mass is 10.1. The van der Waals surface area contributed by atoms with Crippen LogP contribution < -0.4 is 10.5 Å². The molecule has 0 bridgehead atoms. The Morgan fingerprint density at radius 2 is 2.08 bits per heavy atom. The van der Waals surface area contributed by atoms with Crippen molar-refractivity contribution in [2.24, 2.45) is 5.73 Å². The van der Waals surface area contributed by atoms with E-state index in [4.69, 9.17) is 10.5 Å². The fourth-order valence-electron chi connectivity index (χ4n) is 1.24. The van der Waals surface area contributed by atoms with Gasteiger partial charge in [-0.15, -0.1) is 0 Å². The molecule has 1 atom stereocenters. The summed E-state index contributed by atoms with van der Waals surface area (Å²) in [6.45, 7) is 3.63. The Morgan fingerprint density at radius 1 is 1.46 bits per heavy atom. The third-order valence-corrected chi connectivity index (χ3v) is 1.92. The topological polar surface area (TPSA) is 35.2 Å². The number of methoxy groups -OCH3 is 1. The largest absolute Gasteiger partial charge is 0.494 e. The van der Waals surface area contributed by atoms with Crippen molar-refractivity contribution in [3.05, 3.63) is 29.1 Å². The van der Waals surface area contributed by atoms with Gasteiger partial charge >= 0.3 is 0 Å². The molecule has 1 aromatic carbocycles. The number of hydrogen-bond acceptors (Lipinski definition) is 2. The zero-order valence-corrected chi connectivity index (χ0v) is 8.10. The molecule has 0 aliphatic heterocycles. The molecule has 2 nitrogen and oxygen atoms in total. The minimum atomic E-state index is -0.358. The van der Waals surface area contributed by atoms with Gasteiger partial charge in [0.1, 0.15) is 0 Å². The van der Waals surface area contributed by atoms with E-state index in [2.05, 4.69) is 0 Å². The van der Waals surface area contributed by atoms with Crippen LogP contribution in [-0.2, 0) is 0 Å². The quantitative estimate of drug-likeness (QED) is 0.762. The predicted molar refractivity (Wildman–Crippen MR) is 50.3 cm³/mol. The number of rotatable bonds is 2. The molecule has 1 rings (SSSR count). The highest BCUT2D eigenvalue weighted by molar-refractivity contribution is 5.37. The van der Waals surface area contributed by atoms with E-state index < -0.39 is 0 Å². The van der Waals surface area contributed by atoms with Crippen LogP contribution in [0.4, 0.5) is 4.39 Å². The van der Waals surface area contributed by atoms with Gasteiger partial charge < -0.3 is 10.5 Å². The van der Waals surface area contributed by atoms with Crippen LogP contribution in [-0.4, -0.2) is 7.11 Å². The molecule has 1 aromatic rings. The maximum atomic E-state index is 13.5. The smallest absolute Gasteiger partial charge is 0.169 e. The average molecular weight is 183 g/mol. The van der Waals surface area contributed by atoms with Gasteiger partial charge in [-0.25, -0.2) is 4.39 Å². The fourth-order valence-corrected chi connectivity index (χ4v) is 1.24. The second-order valence-electron chi connectivity index (χ2n) is 3.16. The zero-order chi connectivity index (χ0) is 10.0. The van der Waals surface area contributed by atoms with E-state index >= 15 is 0 Å². The van der Waals surface area contributed by atoms with Gasteiger partial charge in [0, 0.05) is 11.6 Å². The second-order valence-corrected chi connectivity index (χ2v) is 3.16. The lowest BCUT2D eigenvalue weighted by Crippen LogP contribution is -2.08. The van der Waals surface area contributed by atoms with Gasteiger partial charge in [0.15, 0.2) is 11.6 Å². The van der Waals surface area contributed by atoms with Crippen molar-refractivity contribution in [3.8, 4) is 5.75 Å². The van der Waals surface area contributed by atoms with Gasteiger partial charge in [0.2, 0.25) is 0 Å². The van der Waals surface area contributed by atoms with Crippen LogP contribution in [0.25, 0.3) is 0 Å². The normalized spacial score (nSPS) is 12.7. The number of nitrogens with two attached hydrogens (primary N) is 1. The predicted octanol–water partition coefficient (Wildman–Crippen LogP) is 2.16. The number of ether oxygens (including phenoxy) is 1. The van der Waals surface area contributed by atoms with Gasteiger partial charge in [0.05, 0.1) is 7.11 Å². The molecule has 0 heterocycles. The highest BCUT2D eigenvalue weighted by atomic mass is 19.1. The summed E-state index contributed by atoms with van der Waals surface area (Å²) in [7, 11) is 1.45. The van der Waals surface area contributed by atoms with Gasteiger partial charge in [-0.2, -0.15) is 0 Å². The summed E-state index contributed by atoms with van der Waals surface area (Å²) in [5.74, 6) is -0.101. The molecular formula is C10H14FNO. The van der Waals surface area contributed by atoms with Gasteiger partial charge in [-0.3, -0.25) is 0 Å². The van der Waals surface area contributed by atoms with Crippen LogP contribution in [0.3, 0.4) is 0 Å². The van der Waals surface area contributed by atoms with E-state index in [0.717, 1.165) is 5.56 Å². The van der Waals surface area contributed by atoms with Crippen LogP contribution in [0.5, 0.6) is 5.75 Å². The molecule has 72 valence electrons. The van der Waals surface area contributed by atoms with E-state index in [1.54, 1.807) is 19.1 Å². The first-order valence-electron chi connectivity index (χ1n) is 4.16. The van der Waals surface area contributed by atoms with Gasteiger partial charge in [-0.05, 0) is 25.5 Å². The molecule has 3 heteroatoms. The molecule has 0 spiro atoms. The molecule has 0 fully saturated rings. The summed E-state index contributed by atoms with van der Waals surface area (Å²) in [6.07, 6.45) is 0. The summed E-state index contributed by atoms with van der Waals surface area (Å²) in [4.78, 5) is 0. The van der Waals surface area contributed by atoms with Crippen LogP contribution in [0, 0.1) is 12.7 Å². The Morgan fingerprint density at radius 3 is 2.54 bits per heavy atom. The SMILES string of the molecule is COc1cc(C)cc(C(C)N)c1F. The molecule has 0 radical (unpaired) electrons. The van der Waals surface area contributed by atoms with Gasteiger partial charge in [0.25, 0.3) is 0 Å². The van der Waals surface area contributed by atoms with Crippen molar-refractivity contribution in [2.75, 3.05) is 7.11 Å². The molecule has 0 aliphatic rings. The standard InChI is InChI=1S/C10H14FNO/c1-6-4-8(7(2)12)10(11)9(5-6)13-3/h4-5,7H,12H2,1-3H3. The monoisotopic (exact) mass is 183 g/mol. The van der Waals surface area contributed by atoms with Crippen molar-refractivity contribution >= 4 is 0 Å². The van der Waals surface area contributed by atoms with E-state index in [9.17, 15) is 4.39 Å². The maximum absolute atomic E-state index is 13.5. The van der Waals surface area contributed by atoms with Crippen LogP contribution in [0.2, 0.25) is 0 Å². The number of aryl methyl sites for hydroxylation is 1. The Labute approximate surface area is 77.5 Å². The van der Waals surface area contributed by atoms with Crippen molar-refractivity contribution in [1.82, 2.24) is 0 Å². The van der Waals surface area contributed by atoms with Crippen molar-refractivity contribution in [2.45, 2.75) is 19.9 Å². The second kappa shape index (κ2) is 3.75. The summed E-state index contributed by atoms with van der Waals surface area (Å²) in [6, 6.07) is 3.08. The number of halogens is 1. The van der Waals surface area contributed by atoms with Crippen LogP contribution in [0.15, 0.2) is 12.1 Å². The molecule has 0 saturated heterocycles. The average Bonchev–Trinajstić information content (AvgIpc) is 2.08. The Kier molecular flexibility index (Phi) is 2.88. The number of hydrogen-bond donors (Lipinski definition) is 1.